The molecule has 5 nitrogen and oxygen atoms in total. The highest BCUT2D eigenvalue weighted by Gasteiger charge is 2.11. The maximum absolute atomic E-state index is 9.65. The number of ether oxygens (including phenoxy) is 2. The summed E-state index contributed by atoms with van der Waals surface area (Å²) in [6.45, 7) is 0.748. The molecule has 27 heavy (non-hydrogen) atoms. The third-order valence-electron chi connectivity index (χ3n) is 4.35. The van der Waals surface area contributed by atoms with E-state index < -0.39 is 0 Å². The molecule has 0 aliphatic carbocycles. The number of hydrogen-bond donors (Lipinski definition) is 1. The Morgan fingerprint density at radius 1 is 1.00 bits per heavy atom. The molecule has 2 aromatic carbocycles. The Kier molecular flexibility index (Phi) is 6.79. The van der Waals surface area contributed by atoms with E-state index in [1.807, 2.05) is 30.3 Å². The molecule has 0 unspecified atom stereocenters. The third-order valence-corrected chi connectivity index (χ3v) is 5.41. The summed E-state index contributed by atoms with van der Waals surface area (Å²) in [5.74, 6) is 2.50. The molecule has 0 radical (unpaired) electrons. The van der Waals surface area contributed by atoms with Gasteiger partial charge >= 0.3 is 0 Å². The fourth-order valence-corrected chi connectivity index (χ4v) is 3.78. The SMILES string of the molecule is COc1ccc(CCn2c(CO)cnc2SCc2cccc(OC)c2)cc1. The van der Waals surface area contributed by atoms with Crippen molar-refractivity contribution >= 4 is 11.8 Å². The second-order valence-corrected chi connectivity index (χ2v) is 7.02. The topological polar surface area (TPSA) is 56.5 Å². The van der Waals surface area contributed by atoms with Gasteiger partial charge in [0.1, 0.15) is 11.5 Å². The van der Waals surface area contributed by atoms with Gasteiger partial charge in [-0.2, -0.15) is 0 Å². The van der Waals surface area contributed by atoms with Crippen molar-refractivity contribution in [3.8, 4) is 11.5 Å². The molecule has 1 N–H and O–H groups in total. The number of methoxy groups -OCH3 is 2. The van der Waals surface area contributed by atoms with Crippen LogP contribution in [-0.4, -0.2) is 28.9 Å². The van der Waals surface area contributed by atoms with Crippen molar-refractivity contribution < 1.29 is 14.6 Å². The highest BCUT2D eigenvalue weighted by atomic mass is 32.2. The molecule has 0 spiro atoms. The van der Waals surface area contributed by atoms with Crippen molar-refractivity contribution in [2.75, 3.05) is 14.2 Å². The zero-order chi connectivity index (χ0) is 19.1. The summed E-state index contributed by atoms with van der Waals surface area (Å²) >= 11 is 1.66. The minimum atomic E-state index is -0.0185. The molecule has 0 fully saturated rings. The first kappa shape index (κ1) is 19.3. The number of aryl methyl sites for hydroxylation is 1. The molecule has 0 aliphatic rings. The van der Waals surface area contributed by atoms with Crippen molar-refractivity contribution in [3.63, 3.8) is 0 Å². The number of nitrogens with zero attached hydrogens (tertiary/aromatic N) is 2. The zero-order valence-corrected chi connectivity index (χ0v) is 16.4. The molecule has 3 rings (SSSR count). The molecule has 1 heterocycles. The first-order chi connectivity index (χ1) is 13.2. The minimum Gasteiger partial charge on any atom is -0.497 e. The lowest BCUT2D eigenvalue weighted by atomic mass is 10.1. The molecule has 6 heteroatoms. The van der Waals surface area contributed by atoms with Crippen LogP contribution in [0, 0.1) is 0 Å². The zero-order valence-electron chi connectivity index (χ0n) is 15.6. The molecular formula is C21H24N2O3S. The van der Waals surface area contributed by atoms with Gasteiger partial charge in [0, 0.05) is 12.3 Å². The van der Waals surface area contributed by atoms with E-state index >= 15 is 0 Å². The van der Waals surface area contributed by atoms with Crippen LogP contribution in [0.1, 0.15) is 16.8 Å². The van der Waals surface area contributed by atoms with Gasteiger partial charge in [-0.1, -0.05) is 36.0 Å². The highest BCUT2D eigenvalue weighted by Crippen LogP contribution is 2.25. The van der Waals surface area contributed by atoms with Gasteiger partial charge in [-0.05, 0) is 41.8 Å². The van der Waals surface area contributed by atoms with Crippen molar-refractivity contribution in [1.82, 2.24) is 9.55 Å². The lowest BCUT2D eigenvalue weighted by molar-refractivity contribution is 0.269. The third kappa shape index (κ3) is 5.05. The molecule has 0 aliphatic heterocycles. The van der Waals surface area contributed by atoms with Crippen LogP contribution in [0.25, 0.3) is 0 Å². The van der Waals surface area contributed by atoms with Crippen molar-refractivity contribution in [3.05, 3.63) is 71.5 Å². The Bertz CT molecular complexity index is 862. The molecule has 0 bridgehead atoms. The molecule has 0 saturated carbocycles. The van der Waals surface area contributed by atoms with Gasteiger partial charge in [0.25, 0.3) is 0 Å². The van der Waals surface area contributed by atoms with Crippen LogP contribution >= 0.6 is 11.8 Å². The fraction of sp³-hybridized carbons (Fsp3) is 0.286. The van der Waals surface area contributed by atoms with Crippen LogP contribution in [-0.2, 0) is 25.3 Å². The summed E-state index contributed by atoms with van der Waals surface area (Å²) in [4.78, 5) is 4.50. The van der Waals surface area contributed by atoms with Gasteiger partial charge in [-0.3, -0.25) is 0 Å². The van der Waals surface area contributed by atoms with Crippen LogP contribution in [0.4, 0.5) is 0 Å². The smallest absolute Gasteiger partial charge is 0.168 e. The van der Waals surface area contributed by atoms with Gasteiger partial charge < -0.3 is 19.1 Å². The predicted octanol–water partition coefficient (Wildman–Crippen LogP) is 3.93. The van der Waals surface area contributed by atoms with Crippen LogP contribution < -0.4 is 9.47 Å². The summed E-state index contributed by atoms with van der Waals surface area (Å²) < 4.78 is 12.6. The summed E-state index contributed by atoms with van der Waals surface area (Å²) in [6, 6.07) is 16.1. The van der Waals surface area contributed by atoms with E-state index in [2.05, 4.69) is 27.8 Å². The molecule has 1 aromatic heterocycles. The number of benzene rings is 2. The number of aliphatic hydroxyl groups is 1. The lowest BCUT2D eigenvalue weighted by Crippen LogP contribution is -2.07. The van der Waals surface area contributed by atoms with Gasteiger partial charge in [0.05, 0.1) is 32.7 Å². The fourth-order valence-electron chi connectivity index (χ4n) is 2.82. The second-order valence-electron chi connectivity index (χ2n) is 6.08. The highest BCUT2D eigenvalue weighted by molar-refractivity contribution is 7.98. The van der Waals surface area contributed by atoms with Crippen LogP contribution in [0.5, 0.6) is 11.5 Å². The molecule has 0 atom stereocenters. The van der Waals surface area contributed by atoms with Gasteiger partial charge in [-0.15, -0.1) is 0 Å². The largest absolute Gasteiger partial charge is 0.497 e. The second kappa shape index (κ2) is 9.48. The lowest BCUT2D eigenvalue weighted by Gasteiger charge is -2.11. The van der Waals surface area contributed by atoms with E-state index in [0.717, 1.165) is 41.1 Å². The molecule has 142 valence electrons. The van der Waals surface area contributed by atoms with Gasteiger partial charge in [0.15, 0.2) is 5.16 Å². The van der Waals surface area contributed by atoms with Gasteiger partial charge in [0.2, 0.25) is 0 Å². The quantitative estimate of drug-likeness (QED) is 0.567. The first-order valence-corrected chi connectivity index (χ1v) is 9.76. The van der Waals surface area contributed by atoms with E-state index in [1.54, 1.807) is 32.2 Å². The van der Waals surface area contributed by atoms with Crippen molar-refractivity contribution in [1.29, 1.82) is 0 Å². The van der Waals surface area contributed by atoms with Crippen LogP contribution in [0.3, 0.4) is 0 Å². The van der Waals surface area contributed by atoms with Crippen LogP contribution in [0.15, 0.2) is 59.9 Å². The average molecular weight is 385 g/mol. The van der Waals surface area contributed by atoms with E-state index in [1.165, 1.54) is 11.1 Å². The number of hydrogen-bond acceptors (Lipinski definition) is 5. The Labute approximate surface area is 164 Å². The molecular weight excluding hydrogens is 360 g/mol. The first-order valence-electron chi connectivity index (χ1n) is 8.77. The molecule has 3 aromatic rings. The number of aliphatic hydroxyl groups excluding tert-OH is 1. The van der Waals surface area contributed by atoms with Crippen molar-refractivity contribution in [2.24, 2.45) is 0 Å². The number of aromatic nitrogens is 2. The summed E-state index contributed by atoms with van der Waals surface area (Å²) in [6.07, 6.45) is 2.61. The van der Waals surface area contributed by atoms with Crippen molar-refractivity contribution in [2.45, 2.75) is 30.5 Å². The Hall–Kier alpha value is -2.44. The maximum atomic E-state index is 9.65. The normalized spacial score (nSPS) is 10.8. The van der Waals surface area contributed by atoms with E-state index in [-0.39, 0.29) is 6.61 Å². The van der Waals surface area contributed by atoms with E-state index in [4.69, 9.17) is 9.47 Å². The van der Waals surface area contributed by atoms with Gasteiger partial charge in [-0.25, -0.2) is 4.98 Å². The number of thioether (sulfide) groups is 1. The summed E-state index contributed by atoms with van der Waals surface area (Å²) in [5.41, 5.74) is 3.23. The summed E-state index contributed by atoms with van der Waals surface area (Å²) in [5, 5.41) is 10.6. The molecule has 0 saturated heterocycles. The van der Waals surface area contributed by atoms with E-state index in [0.29, 0.717) is 0 Å². The van der Waals surface area contributed by atoms with Crippen LogP contribution in [0.2, 0.25) is 0 Å². The Morgan fingerprint density at radius 3 is 2.48 bits per heavy atom. The monoisotopic (exact) mass is 384 g/mol. The Balaban J connectivity index is 1.68. The summed E-state index contributed by atoms with van der Waals surface area (Å²) in [7, 11) is 3.34. The standard InChI is InChI=1S/C21H24N2O3S/c1-25-19-8-6-16(7-9-19)10-11-23-18(14-24)13-22-21(23)27-15-17-4-3-5-20(12-17)26-2/h3-9,12-13,24H,10-11,14-15H2,1-2H3. The van der Waals surface area contributed by atoms with E-state index in [9.17, 15) is 5.11 Å². The molecule has 0 amide bonds. The predicted molar refractivity (Wildman–Crippen MR) is 107 cm³/mol. The maximum Gasteiger partial charge on any atom is 0.168 e. The average Bonchev–Trinajstić information content (AvgIpc) is 3.13. The minimum absolute atomic E-state index is 0.0185. The Morgan fingerprint density at radius 2 is 1.78 bits per heavy atom. The number of imidazole rings is 1. The number of rotatable bonds is 9.